The predicted octanol–water partition coefficient (Wildman–Crippen LogP) is 3.79. The van der Waals surface area contributed by atoms with E-state index in [2.05, 4.69) is 4.74 Å². The third-order valence-electron chi connectivity index (χ3n) is 2.60. The highest BCUT2D eigenvalue weighted by molar-refractivity contribution is 6.42. The Hall–Kier alpha value is -1.79. The van der Waals surface area contributed by atoms with E-state index in [0.717, 1.165) is 6.07 Å². The van der Waals surface area contributed by atoms with Crippen LogP contribution in [-0.2, 0) is 9.53 Å². The minimum atomic E-state index is -0.623. The molecule has 0 aliphatic rings. The van der Waals surface area contributed by atoms with E-state index in [9.17, 15) is 14.9 Å². The number of nitro benzene ring substituents is 1. The highest BCUT2D eigenvalue weighted by Crippen LogP contribution is 2.35. The topological polar surface area (TPSA) is 78.7 Å². The Morgan fingerprint density at radius 2 is 2.00 bits per heavy atom. The average molecular weight is 334 g/mol. The number of methoxy groups -OCH3 is 1. The zero-order valence-electron chi connectivity index (χ0n) is 11.4. The number of benzene rings is 1. The Kier molecular flexibility index (Phi) is 6.45. The van der Waals surface area contributed by atoms with Crippen LogP contribution in [0, 0.1) is 10.1 Å². The maximum absolute atomic E-state index is 11.4. The Bertz CT molecular complexity index is 586. The number of ether oxygens (including phenoxy) is 2. The number of rotatable bonds is 6. The van der Waals surface area contributed by atoms with E-state index in [1.807, 2.05) is 0 Å². The van der Waals surface area contributed by atoms with Crippen molar-refractivity contribution >= 4 is 34.9 Å². The van der Waals surface area contributed by atoms with Crippen molar-refractivity contribution in [1.29, 1.82) is 0 Å². The summed E-state index contributed by atoms with van der Waals surface area (Å²) in [5.41, 5.74) is 0.120. The second-order valence-corrected chi connectivity index (χ2v) is 4.69. The molecule has 0 heterocycles. The molecule has 0 aromatic heterocycles. The molecular weight excluding hydrogens is 321 g/mol. The molecule has 0 unspecified atom stereocenters. The van der Waals surface area contributed by atoms with Crippen LogP contribution >= 0.6 is 23.2 Å². The molecule has 1 aromatic rings. The van der Waals surface area contributed by atoms with Crippen molar-refractivity contribution in [2.75, 3.05) is 13.7 Å². The van der Waals surface area contributed by atoms with Gasteiger partial charge in [0.15, 0.2) is 5.75 Å². The van der Waals surface area contributed by atoms with E-state index in [-0.39, 0.29) is 28.1 Å². The van der Waals surface area contributed by atoms with Crippen LogP contribution in [-0.4, -0.2) is 24.6 Å². The van der Waals surface area contributed by atoms with E-state index in [0.29, 0.717) is 12.0 Å². The second-order valence-electron chi connectivity index (χ2n) is 3.88. The molecular formula is C13H13Cl2NO5. The Balaban J connectivity index is 2.93. The molecule has 21 heavy (non-hydrogen) atoms. The molecule has 0 spiro atoms. The lowest BCUT2D eigenvalue weighted by Gasteiger charge is -2.07. The maximum atomic E-state index is 11.4. The minimum absolute atomic E-state index is 0.0223. The van der Waals surface area contributed by atoms with Gasteiger partial charge in [-0.05, 0) is 12.5 Å². The molecule has 6 nitrogen and oxygen atoms in total. The van der Waals surface area contributed by atoms with Crippen molar-refractivity contribution in [1.82, 2.24) is 0 Å². The zero-order chi connectivity index (χ0) is 16.0. The molecule has 0 saturated carbocycles. The minimum Gasteiger partial charge on any atom is -0.483 e. The molecule has 0 aliphatic carbocycles. The Morgan fingerprint density at radius 3 is 2.52 bits per heavy atom. The van der Waals surface area contributed by atoms with Gasteiger partial charge in [0.2, 0.25) is 0 Å². The van der Waals surface area contributed by atoms with E-state index in [1.54, 1.807) is 6.92 Å². The van der Waals surface area contributed by atoms with Crippen LogP contribution in [0.5, 0.6) is 5.75 Å². The van der Waals surface area contributed by atoms with Crippen LogP contribution in [0.15, 0.2) is 23.8 Å². The summed E-state index contributed by atoms with van der Waals surface area (Å²) >= 11 is 11.5. The molecule has 0 radical (unpaired) electrons. The molecule has 0 saturated heterocycles. The number of halogens is 2. The van der Waals surface area contributed by atoms with Gasteiger partial charge in [-0.1, -0.05) is 30.1 Å². The third kappa shape index (κ3) is 4.61. The fraction of sp³-hybridized carbons (Fsp3) is 0.308. The first kappa shape index (κ1) is 17.3. The predicted molar refractivity (Wildman–Crippen MR) is 79.0 cm³/mol. The van der Waals surface area contributed by atoms with Gasteiger partial charge in [-0.3, -0.25) is 10.1 Å². The molecule has 0 N–H and O–H groups in total. The molecule has 0 atom stereocenters. The summed E-state index contributed by atoms with van der Waals surface area (Å²) in [6, 6.07) is 2.38. The molecule has 114 valence electrons. The van der Waals surface area contributed by atoms with Crippen molar-refractivity contribution in [2.24, 2.45) is 0 Å². The number of carbonyl (C=O) groups excluding carboxylic acids is 1. The first-order chi connectivity index (χ1) is 9.90. The second kappa shape index (κ2) is 7.85. The lowest BCUT2D eigenvalue weighted by molar-refractivity contribution is -0.385. The summed E-state index contributed by atoms with van der Waals surface area (Å²) in [4.78, 5) is 21.7. The first-order valence-electron chi connectivity index (χ1n) is 5.94. The van der Waals surface area contributed by atoms with Gasteiger partial charge in [-0.15, -0.1) is 0 Å². The standard InChI is InChI=1S/C13H13Cl2NO5/c1-3-8(13(17)20-2)4-5-21-12-7-10(15)9(14)6-11(12)16(18)19/h4,6-7H,3,5H2,1-2H3/b8-4-. The van der Waals surface area contributed by atoms with Gasteiger partial charge >= 0.3 is 11.7 Å². The molecule has 8 heteroatoms. The van der Waals surface area contributed by atoms with Crippen LogP contribution in [0.3, 0.4) is 0 Å². The summed E-state index contributed by atoms with van der Waals surface area (Å²) < 4.78 is 9.89. The third-order valence-corrected chi connectivity index (χ3v) is 3.32. The normalized spacial score (nSPS) is 11.1. The van der Waals surface area contributed by atoms with Gasteiger partial charge in [-0.2, -0.15) is 0 Å². The van der Waals surface area contributed by atoms with Crippen molar-refractivity contribution in [3.8, 4) is 5.75 Å². The van der Waals surface area contributed by atoms with Gasteiger partial charge in [0, 0.05) is 17.7 Å². The lowest BCUT2D eigenvalue weighted by Crippen LogP contribution is -2.06. The highest BCUT2D eigenvalue weighted by atomic mass is 35.5. The van der Waals surface area contributed by atoms with Gasteiger partial charge in [0.1, 0.15) is 6.61 Å². The van der Waals surface area contributed by atoms with Gasteiger partial charge in [-0.25, -0.2) is 4.79 Å². The molecule has 0 amide bonds. The van der Waals surface area contributed by atoms with E-state index in [1.165, 1.54) is 19.3 Å². The quantitative estimate of drug-likeness (QED) is 0.342. The number of esters is 1. The van der Waals surface area contributed by atoms with E-state index < -0.39 is 10.9 Å². The summed E-state index contributed by atoms with van der Waals surface area (Å²) in [6.07, 6.45) is 1.96. The molecule has 1 rings (SSSR count). The zero-order valence-corrected chi connectivity index (χ0v) is 12.9. The van der Waals surface area contributed by atoms with Gasteiger partial charge in [0.25, 0.3) is 0 Å². The van der Waals surface area contributed by atoms with Crippen molar-refractivity contribution in [3.63, 3.8) is 0 Å². The smallest absolute Gasteiger partial charge is 0.333 e. The van der Waals surface area contributed by atoms with Crippen LogP contribution < -0.4 is 4.74 Å². The number of nitrogens with zero attached hydrogens (tertiary/aromatic N) is 1. The van der Waals surface area contributed by atoms with Crippen LogP contribution in [0.4, 0.5) is 5.69 Å². The molecule has 1 aromatic carbocycles. The number of hydrogen-bond acceptors (Lipinski definition) is 5. The van der Waals surface area contributed by atoms with Gasteiger partial charge < -0.3 is 9.47 Å². The van der Waals surface area contributed by atoms with Crippen molar-refractivity contribution < 1.29 is 19.2 Å². The fourth-order valence-electron chi connectivity index (χ4n) is 1.51. The molecule has 0 fully saturated rings. The van der Waals surface area contributed by atoms with Crippen LogP contribution in [0.2, 0.25) is 10.0 Å². The number of carbonyl (C=O) groups is 1. The van der Waals surface area contributed by atoms with Crippen LogP contribution in [0.25, 0.3) is 0 Å². The van der Waals surface area contributed by atoms with E-state index >= 15 is 0 Å². The molecule has 0 bridgehead atoms. The Morgan fingerprint density at radius 1 is 1.38 bits per heavy atom. The van der Waals surface area contributed by atoms with Gasteiger partial charge in [0.05, 0.1) is 22.1 Å². The van der Waals surface area contributed by atoms with Crippen molar-refractivity contribution in [2.45, 2.75) is 13.3 Å². The van der Waals surface area contributed by atoms with E-state index in [4.69, 9.17) is 27.9 Å². The van der Waals surface area contributed by atoms with Crippen LogP contribution in [0.1, 0.15) is 13.3 Å². The first-order valence-corrected chi connectivity index (χ1v) is 6.69. The highest BCUT2D eigenvalue weighted by Gasteiger charge is 2.18. The average Bonchev–Trinajstić information content (AvgIpc) is 2.45. The summed E-state index contributed by atoms with van der Waals surface area (Å²) in [6.45, 7) is 1.75. The summed E-state index contributed by atoms with van der Waals surface area (Å²) in [7, 11) is 1.27. The monoisotopic (exact) mass is 333 g/mol. The maximum Gasteiger partial charge on any atom is 0.333 e. The number of nitro groups is 1. The Labute approximate surface area is 131 Å². The van der Waals surface area contributed by atoms with Crippen molar-refractivity contribution in [3.05, 3.63) is 43.9 Å². The fourth-order valence-corrected chi connectivity index (χ4v) is 1.82. The SMILES string of the molecule is CC/C(=C/COc1cc(Cl)c(Cl)cc1[N+](=O)[O-])C(=O)OC. The number of hydrogen-bond donors (Lipinski definition) is 0. The largest absolute Gasteiger partial charge is 0.483 e. The summed E-state index contributed by atoms with van der Waals surface area (Å²) in [5.74, 6) is -0.490. The lowest BCUT2D eigenvalue weighted by atomic mass is 10.2. The summed E-state index contributed by atoms with van der Waals surface area (Å²) in [5, 5.41) is 11.1. The molecule has 0 aliphatic heterocycles.